The zero-order valence-corrected chi connectivity index (χ0v) is 20.4. The normalized spacial score (nSPS) is 22.1. The first kappa shape index (κ1) is 22.7. The Morgan fingerprint density at radius 3 is 2.47 bits per heavy atom. The van der Waals surface area contributed by atoms with Crippen LogP contribution in [-0.2, 0) is 17.9 Å². The van der Waals surface area contributed by atoms with E-state index in [1.807, 2.05) is 24.3 Å². The van der Waals surface area contributed by atoms with E-state index in [0.29, 0.717) is 23.9 Å². The summed E-state index contributed by atoms with van der Waals surface area (Å²) in [5.74, 6) is 0.528. The maximum Gasteiger partial charge on any atom is 0.223 e. The SMILES string of the molecule is Cc1ccc(CN2C(=O)CCC(C)C2C2N=c3cc(Cl)ccc3=CN2Cc2ccccc2)cc1. The monoisotopic (exact) mass is 471 g/mol. The van der Waals surface area contributed by atoms with Gasteiger partial charge in [-0.05, 0) is 48.6 Å². The van der Waals surface area contributed by atoms with Crippen LogP contribution >= 0.6 is 11.6 Å². The molecule has 0 bridgehead atoms. The van der Waals surface area contributed by atoms with E-state index in [9.17, 15) is 4.79 Å². The first-order valence-corrected chi connectivity index (χ1v) is 12.4. The van der Waals surface area contributed by atoms with Crippen LogP contribution < -0.4 is 10.6 Å². The fraction of sp³-hybridized carbons (Fsp3) is 0.310. The highest BCUT2D eigenvalue weighted by Gasteiger charge is 2.41. The molecule has 1 fully saturated rings. The minimum atomic E-state index is -0.184. The Hall–Kier alpha value is -3.11. The Balaban J connectivity index is 1.56. The first-order chi connectivity index (χ1) is 16.5. The van der Waals surface area contributed by atoms with Crippen LogP contribution in [0, 0.1) is 12.8 Å². The Morgan fingerprint density at radius 1 is 0.971 bits per heavy atom. The van der Waals surface area contributed by atoms with Crippen molar-refractivity contribution in [2.75, 3.05) is 0 Å². The summed E-state index contributed by atoms with van der Waals surface area (Å²) in [5, 5.41) is 2.62. The smallest absolute Gasteiger partial charge is 0.223 e. The Labute approximate surface area is 206 Å². The van der Waals surface area contributed by atoms with Gasteiger partial charge in [0.1, 0.15) is 6.17 Å². The third-order valence-electron chi connectivity index (χ3n) is 6.97. The van der Waals surface area contributed by atoms with Crippen molar-refractivity contribution in [3.63, 3.8) is 0 Å². The third-order valence-corrected chi connectivity index (χ3v) is 7.21. The molecule has 5 heteroatoms. The van der Waals surface area contributed by atoms with Crippen LogP contribution in [0.4, 0.5) is 0 Å². The molecule has 0 radical (unpaired) electrons. The average molecular weight is 472 g/mol. The number of benzene rings is 3. The molecule has 34 heavy (non-hydrogen) atoms. The van der Waals surface area contributed by atoms with Gasteiger partial charge in [-0.15, -0.1) is 0 Å². The van der Waals surface area contributed by atoms with Crippen molar-refractivity contribution in [2.24, 2.45) is 10.9 Å². The van der Waals surface area contributed by atoms with Gasteiger partial charge in [-0.1, -0.05) is 78.7 Å². The second-order valence-electron chi connectivity index (χ2n) is 9.55. The summed E-state index contributed by atoms with van der Waals surface area (Å²) in [4.78, 5) is 22.8. The fourth-order valence-corrected chi connectivity index (χ4v) is 5.26. The van der Waals surface area contributed by atoms with Crippen molar-refractivity contribution in [3.05, 3.63) is 105 Å². The standard InChI is InChI=1S/C29H30ClN3O/c1-20-8-11-23(12-9-20)18-33-27(34)15-10-21(2)28(33)29-31-26-16-25(30)14-13-24(26)19-32(29)17-22-6-4-3-5-7-22/h3-9,11-14,16,19,21,28-29H,10,15,17-18H2,1-2H3. The number of piperidine rings is 1. The summed E-state index contributed by atoms with van der Waals surface area (Å²) in [5.41, 5.74) is 3.59. The molecule has 3 aromatic rings. The molecule has 3 aromatic carbocycles. The number of amides is 1. The molecule has 5 rings (SSSR count). The second-order valence-corrected chi connectivity index (χ2v) is 9.98. The topological polar surface area (TPSA) is 35.9 Å². The van der Waals surface area contributed by atoms with Crippen LogP contribution in [0.1, 0.15) is 36.5 Å². The highest BCUT2D eigenvalue weighted by Crippen LogP contribution is 2.32. The summed E-state index contributed by atoms with van der Waals surface area (Å²) in [7, 11) is 0. The van der Waals surface area contributed by atoms with Gasteiger partial charge < -0.3 is 9.80 Å². The zero-order valence-electron chi connectivity index (χ0n) is 19.7. The molecule has 2 aliphatic rings. The van der Waals surface area contributed by atoms with Gasteiger partial charge in [-0.3, -0.25) is 9.79 Å². The molecule has 0 aromatic heterocycles. The van der Waals surface area contributed by atoms with Crippen molar-refractivity contribution in [2.45, 2.75) is 52.0 Å². The summed E-state index contributed by atoms with van der Waals surface area (Å²) in [6.45, 7) is 5.67. The summed E-state index contributed by atoms with van der Waals surface area (Å²) in [6, 6.07) is 24.7. The van der Waals surface area contributed by atoms with Crippen molar-refractivity contribution in [3.8, 4) is 0 Å². The molecule has 4 nitrogen and oxygen atoms in total. The maximum absolute atomic E-state index is 13.3. The number of aryl methyl sites for hydroxylation is 1. The van der Waals surface area contributed by atoms with E-state index in [4.69, 9.17) is 16.6 Å². The van der Waals surface area contributed by atoms with E-state index in [-0.39, 0.29) is 18.1 Å². The molecule has 0 N–H and O–H groups in total. The number of nitrogens with zero attached hydrogens (tertiary/aromatic N) is 3. The van der Waals surface area contributed by atoms with E-state index in [0.717, 1.165) is 29.1 Å². The number of fused-ring (bicyclic) bond motifs is 1. The van der Waals surface area contributed by atoms with E-state index >= 15 is 0 Å². The number of likely N-dealkylation sites (tertiary alicyclic amines) is 1. The van der Waals surface area contributed by atoms with Crippen LogP contribution in [0.5, 0.6) is 0 Å². The molecule has 3 atom stereocenters. The summed E-state index contributed by atoms with van der Waals surface area (Å²) < 4.78 is 0. The number of halogens is 1. The largest absolute Gasteiger partial charge is 0.349 e. The number of carbonyl (C=O) groups excluding carboxylic acids is 1. The third kappa shape index (κ3) is 4.74. The van der Waals surface area contributed by atoms with Crippen molar-refractivity contribution >= 4 is 23.7 Å². The van der Waals surface area contributed by atoms with Crippen LogP contribution in [0.15, 0.2) is 77.8 Å². The Morgan fingerprint density at radius 2 is 1.71 bits per heavy atom. The highest BCUT2D eigenvalue weighted by atomic mass is 35.5. The van der Waals surface area contributed by atoms with Crippen LogP contribution in [0.2, 0.25) is 5.02 Å². The van der Waals surface area contributed by atoms with Crippen molar-refractivity contribution in [1.82, 2.24) is 9.80 Å². The lowest BCUT2D eigenvalue weighted by Crippen LogP contribution is -2.58. The number of hydrogen-bond donors (Lipinski definition) is 0. The molecule has 174 valence electrons. The minimum Gasteiger partial charge on any atom is -0.349 e. The summed E-state index contributed by atoms with van der Waals surface area (Å²) >= 11 is 6.32. The predicted octanol–water partition coefficient (Wildman–Crippen LogP) is 4.68. The van der Waals surface area contributed by atoms with Crippen LogP contribution in [-0.4, -0.2) is 27.9 Å². The number of carbonyl (C=O) groups is 1. The van der Waals surface area contributed by atoms with Gasteiger partial charge in [0.15, 0.2) is 0 Å². The highest BCUT2D eigenvalue weighted by molar-refractivity contribution is 6.30. The number of hydrogen-bond acceptors (Lipinski definition) is 3. The average Bonchev–Trinajstić information content (AvgIpc) is 2.83. The molecule has 0 aliphatic carbocycles. The molecule has 0 saturated carbocycles. The molecule has 1 amide bonds. The van der Waals surface area contributed by atoms with Crippen molar-refractivity contribution < 1.29 is 4.79 Å². The van der Waals surface area contributed by atoms with Gasteiger partial charge in [0.05, 0.1) is 11.4 Å². The lowest BCUT2D eigenvalue weighted by molar-refractivity contribution is -0.141. The molecule has 2 aliphatic heterocycles. The molecule has 3 unspecified atom stereocenters. The van der Waals surface area contributed by atoms with Gasteiger partial charge in [-0.2, -0.15) is 0 Å². The number of rotatable bonds is 5. The molecule has 0 spiro atoms. The van der Waals surface area contributed by atoms with Gasteiger partial charge >= 0.3 is 0 Å². The molecular formula is C29H30ClN3O. The molecule has 1 saturated heterocycles. The van der Waals surface area contributed by atoms with Gasteiger partial charge in [0.25, 0.3) is 0 Å². The van der Waals surface area contributed by atoms with Gasteiger partial charge in [-0.25, -0.2) is 0 Å². The predicted molar refractivity (Wildman–Crippen MR) is 136 cm³/mol. The van der Waals surface area contributed by atoms with Gasteiger partial charge in [0, 0.05) is 36.0 Å². The maximum atomic E-state index is 13.3. The van der Waals surface area contributed by atoms with Crippen LogP contribution in [0.25, 0.3) is 6.20 Å². The minimum absolute atomic E-state index is 0.0327. The lowest BCUT2D eigenvalue weighted by Gasteiger charge is -2.46. The summed E-state index contributed by atoms with van der Waals surface area (Å²) in [6.07, 6.45) is 3.46. The van der Waals surface area contributed by atoms with Gasteiger partial charge in [0.2, 0.25) is 5.91 Å². The fourth-order valence-electron chi connectivity index (χ4n) is 5.09. The Kier molecular flexibility index (Phi) is 6.42. The van der Waals surface area contributed by atoms with Crippen LogP contribution in [0.3, 0.4) is 0 Å². The second kappa shape index (κ2) is 9.63. The van der Waals surface area contributed by atoms with E-state index < -0.39 is 0 Å². The molecular weight excluding hydrogens is 442 g/mol. The molecule has 2 heterocycles. The quantitative estimate of drug-likeness (QED) is 0.542. The Bertz CT molecular complexity index is 1290. The lowest BCUT2D eigenvalue weighted by atomic mass is 9.87. The van der Waals surface area contributed by atoms with E-state index in [2.05, 4.69) is 78.4 Å². The zero-order chi connectivity index (χ0) is 23.7. The van der Waals surface area contributed by atoms with E-state index in [1.54, 1.807) is 0 Å². The van der Waals surface area contributed by atoms with Crippen molar-refractivity contribution in [1.29, 1.82) is 0 Å². The van der Waals surface area contributed by atoms with E-state index in [1.165, 1.54) is 11.1 Å². The first-order valence-electron chi connectivity index (χ1n) is 12.0.